The molecule has 1 fully saturated rings. The third kappa shape index (κ3) is 2.81. The predicted octanol–water partition coefficient (Wildman–Crippen LogP) is 2.09. The highest BCUT2D eigenvalue weighted by molar-refractivity contribution is 7.07. The van der Waals surface area contributed by atoms with Crippen LogP contribution in [0.25, 0.3) is 0 Å². The third-order valence-corrected chi connectivity index (χ3v) is 4.27. The quantitative estimate of drug-likeness (QED) is 0.875. The molecule has 1 saturated carbocycles. The van der Waals surface area contributed by atoms with Gasteiger partial charge in [-0.1, -0.05) is 12.8 Å². The second-order valence-corrected chi connectivity index (χ2v) is 5.46. The summed E-state index contributed by atoms with van der Waals surface area (Å²) in [5.41, 5.74) is 8.96. The van der Waals surface area contributed by atoms with Crippen molar-refractivity contribution in [2.24, 2.45) is 11.7 Å². The van der Waals surface area contributed by atoms with Crippen molar-refractivity contribution >= 4 is 11.3 Å². The molecule has 1 aliphatic rings. The first-order valence-corrected chi connectivity index (χ1v) is 7.03. The van der Waals surface area contributed by atoms with Crippen molar-refractivity contribution in [1.82, 2.24) is 9.88 Å². The molecule has 1 aromatic heterocycles. The van der Waals surface area contributed by atoms with E-state index in [-0.39, 0.29) is 0 Å². The van der Waals surface area contributed by atoms with Gasteiger partial charge in [-0.2, -0.15) is 0 Å². The number of nitrogens with two attached hydrogens (primary N) is 1. The maximum atomic E-state index is 5.86. The van der Waals surface area contributed by atoms with Crippen LogP contribution in [0.3, 0.4) is 0 Å². The van der Waals surface area contributed by atoms with Crippen LogP contribution in [0.1, 0.15) is 31.4 Å². The van der Waals surface area contributed by atoms with E-state index in [0.29, 0.717) is 12.0 Å². The molecule has 0 spiro atoms. The SMILES string of the molecule is CN(Cc1cscn1)C1CCCCC1CN. The number of nitrogens with zero attached hydrogens (tertiary/aromatic N) is 2. The Kier molecular flexibility index (Phi) is 4.32. The van der Waals surface area contributed by atoms with E-state index in [4.69, 9.17) is 5.73 Å². The van der Waals surface area contributed by atoms with Crippen molar-refractivity contribution in [2.75, 3.05) is 13.6 Å². The maximum absolute atomic E-state index is 5.86. The second-order valence-electron chi connectivity index (χ2n) is 4.74. The van der Waals surface area contributed by atoms with E-state index >= 15 is 0 Å². The van der Waals surface area contributed by atoms with Crippen LogP contribution in [-0.4, -0.2) is 29.5 Å². The van der Waals surface area contributed by atoms with Crippen molar-refractivity contribution in [3.8, 4) is 0 Å². The van der Waals surface area contributed by atoms with Gasteiger partial charge in [-0.05, 0) is 32.4 Å². The Hall–Kier alpha value is -0.450. The van der Waals surface area contributed by atoms with Crippen molar-refractivity contribution < 1.29 is 0 Å². The molecule has 2 atom stereocenters. The van der Waals surface area contributed by atoms with E-state index in [1.165, 1.54) is 31.4 Å². The van der Waals surface area contributed by atoms with Crippen LogP contribution in [0.15, 0.2) is 10.9 Å². The monoisotopic (exact) mass is 239 g/mol. The third-order valence-electron chi connectivity index (χ3n) is 3.63. The summed E-state index contributed by atoms with van der Waals surface area (Å²) in [4.78, 5) is 6.78. The van der Waals surface area contributed by atoms with Crippen LogP contribution in [0.5, 0.6) is 0 Å². The maximum Gasteiger partial charge on any atom is 0.0795 e. The van der Waals surface area contributed by atoms with Crippen molar-refractivity contribution in [2.45, 2.75) is 38.3 Å². The lowest BCUT2D eigenvalue weighted by Crippen LogP contribution is -2.42. The Morgan fingerprint density at radius 3 is 3.00 bits per heavy atom. The molecule has 4 heteroatoms. The second kappa shape index (κ2) is 5.75. The number of aromatic nitrogens is 1. The Morgan fingerprint density at radius 1 is 1.50 bits per heavy atom. The van der Waals surface area contributed by atoms with Crippen LogP contribution < -0.4 is 5.73 Å². The van der Waals surface area contributed by atoms with Crippen molar-refractivity contribution in [3.05, 3.63) is 16.6 Å². The van der Waals surface area contributed by atoms with Gasteiger partial charge in [0, 0.05) is 18.0 Å². The van der Waals surface area contributed by atoms with Gasteiger partial charge in [0.2, 0.25) is 0 Å². The van der Waals surface area contributed by atoms with Gasteiger partial charge in [-0.25, -0.2) is 4.98 Å². The van der Waals surface area contributed by atoms with Gasteiger partial charge < -0.3 is 5.73 Å². The fraction of sp³-hybridized carbons (Fsp3) is 0.750. The van der Waals surface area contributed by atoms with Crippen molar-refractivity contribution in [1.29, 1.82) is 0 Å². The molecule has 0 saturated heterocycles. The number of hydrogen-bond acceptors (Lipinski definition) is 4. The summed E-state index contributed by atoms with van der Waals surface area (Å²) in [7, 11) is 2.21. The highest BCUT2D eigenvalue weighted by Crippen LogP contribution is 2.27. The summed E-state index contributed by atoms with van der Waals surface area (Å²) in [5, 5.41) is 2.14. The van der Waals surface area contributed by atoms with E-state index in [1.807, 2.05) is 5.51 Å². The van der Waals surface area contributed by atoms with Crippen LogP contribution >= 0.6 is 11.3 Å². The summed E-state index contributed by atoms with van der Waals surface area (Å²) in [6, 6.07) is 0.653. The largest absolute Gasteiger partial charge is 0.330 e. The fourth-order valence-electron chi connectivity index (χ4n) is 2.73. The zero-order valence-corrected chi connectivity index (χ0v) is 10.7. The predicted molar refractivity (Wildman–Crippen MR) is 68.4 cm³/mol. The van der Waals surface area contributed by atoms with Gasteiger partial charge in [0.1, 0.15) is 0 Å². The van der Waals surface area contributed by atoms with Gasteiger partial charge >= 0.3 is 0 Å². The highest BCUT2D eigenvalue weighted by atomic mass is 32.1. The van der Waals surface area contributed by atoms with E-state index < -0.39 is 0 Å². The fourth-order valence-corrected chi connectivity index (χ4v) is 3.28. The molecule has 1 heterocycles. The first kappa shape index (κ1) is 12.0. The molecule has 3 nitrogen and oxygen atoms in total. The molecular weight excluding hydrogens is 218 g/mol. The molecule has 0 bridgehead atoms. The Bertz CT molecular complexity index is 299. The van der Waals surface area contributed by atoms with E-state index in [0.717, 1.165) is 13.1 Å². The lowest BCUT2D eigenvalue weighted by molar-refractivity contribution is 0.126. The van der Waals surface area contributed by atoms with Gasteiger partial charge in [0.25, 0.3) is 0 Å². The summed E-state index contributed by atoms with van der Waals surface area (Å²) >= 11 is 1.67. The lowest BCUT2D eigenvalue weighted by atomic mass is 9.83. The molecule has 2 N–H and O–H groups in total. The van der Waals surface area contributed by atoms with Gasteiger partial charge in [0.05, 0.1) is 11.2 Å². The van der Waals surface area contributed by atoms with Gasteiger partial charge in [-0.15, -0.1) is 11.3 Å². The summed E-state index contributed by atoms with van der Waals surface area (Å²) in [6.45, 7) is 1.79. The molecule has 0 radical (unpaired) electrons. The zero-order chi connectivity index (χ0) is 11.4. The molecule has 16 heavy (non-hydrogen) atoms. The summed E-state index contributed by atoms with van der Waals surface area (Å²) in [5.74, 6) is 0.678. The minimum atomic E-state index is 0.653. The van der Waals surface area contributed by atoms with E-state index in [1.54, 1.807) is 11.3 Å². The standard InChI is InChI=1S/C12H21N3S/c1-15(7-11-8-16-9-14-11)12-5-3-2-4-10(12)6-13/h8-10,12H,2-7,13H2,1H3. The molecule has 2 rings (SSSR count). The molecule has 90 valence electrons. The highest BCUT2D eigenvalue weighted by Gasteiger charge is 2.27. The number of thiazole rings is 1. The van der Waals surface area contributed by atoms with Crippen LogP contribution in [0.4, 0.5) is 0 Å². The minimum absolute atomic E-state index is 0.653. The summed E-state index contributed by atoms with van der Waals surface area (Å²) in [6.07, 6.45) is 5.29. The molecule has 1 aromatic rings. The molecule has 0 aromatic carbocycles. The first-order valence-electron chi connectivity index (χ1n) is 6.08. The number of hydrogen-bond donors (Lipinski definition) is 1. The zero-order valence-electron chi connectivity index (χ0n) is 9.93. The summed E-state index contributed by atoms with van der Waals surface area (Å²) < 4.78 is 0. The average molecular weight is 239 g/mol. The number of rotatable bonds is 4. The molecule has 2 unspecified atom stereocenters. The molecule has 1 aliphatic carbocycles. The Labute approximate surface area is 102 Å². The van der Waals surface area contributed by atoms with Crippen molar-refractivity contribution in [3.63, 3.8) is 0 Å². The van der Waals surface area contributed by atoms with Gasteiger partial charge in [-0.3, -0.25) is 4.90 Å². The Morgan fingerprint density at radius 2 is 2.31 bits per heavy atom. The molecular formula is C12H21N3S. The molecule has 0 aliphatic heterocycles. The topological polar surface area (TPSA) is 42.2 Å². The Balaban J connectivity index is 1.94. The normalized spacial score (nSPS) is 26.2. The van der Waals surface area contributed by atoms with E-state index in [2.05, 4.69) is 22.3 Å². The van der Waals surface area contributed by atoms with Crippen LogP contribution in [0.2, 0.25) is 0 Å². The smallest absolute Gasteiger partial charge is 0.0795 e. The van der Waals surface area contributed by atoms with E-state index in [9.17, 15) is 0 Å². The lowest BCUT2D eigenvalue weighted by Gasteiger charge is -2.37. The van der Waals surface area contributed by atoms with Crippen LogP contribution in [-0.2, 0) is 6.54 Å². The van der Waals surface area contributed by atoms with Gasteiger partial charge in [0.15, 0.2) is 0 Å². The molecule has 0 amide bonds. The van der Waals surface area contributed by atoms with Crippen LogP contribution in [0, 0.1) is 5.92 Å². The minimum Gasteiger partial charge on any atom is -0.330 e. The first-order chi connectivity index (χ1) is 7.81. The average Bonchev–Trinajstić information content (AvgIpc) is 2.81.